The molecule has 1 aliphatic heterocycles. The lowest BCUT2D eigenvalue weighted by molar-refractivity contribution is 0.101. The smallest absolute Gasteiger partial charge is 0.233 e. The minimum atomic E-state index is -0.379. The number of fused-ring (bicyclic) bond motifs is 1. The molecule has 0 atom stereocenters. The molecule has 0 spiro atoms. The van der Waals surface area contributed by atoms with Gasteiger partial charge in [-0.25, -0.2) is 0 Å². The number of ether oxygens (including phenoxy) is 2. The molecule has 1 aliphatic rings. The highest BCUT2D eigenvalue weighted by Gasteiger charge is 2.32. The number of hydrogen-bond donors (Lipinski definition) is 1. The lowest BCUT2D eigenvalue weighted by atomic mass is 10.1. The molecule has 118 valence electrons. The fraction of sp³-hybridized carbons (Fsp3) is 0.0625. The SMILES string of the molecule is COc1cc(/C=C2\Oc3c(Cl)ccc(Cl)c3C2=O)cc(Cl)c1O. The van der Waals surface area contributed by atoms with Gasteiger partial charge in [-0.05, 0) is 35.9 Å². The number of carbonyl (C=O) groups excluding carboxylic acids is 1. The van der Waals surface area contributed by atoms with Crippen LogP contribution in [0.4, 0.5) is 0 Å². The van der Waals surface area contributed by atoms with Crippen molar-refractivity contribution >= 4 is 46.7 Å². The molecule has 4 nitrogen and oxygen atoms in total. The van der Waals surface area contributed by atoms with E-state index in [1.54, 1.807) is 6.07 Å². The number of hydrogen-bond acceptors (Lipinski definition) is 4. The topological polar surface area (TPSA) is 55.8 Å². The van der Waals surface area contributed by atoms with Crippen molar-refractivity contribution in [3.63, 3.8) is 0 Å². The molecule has 0 bridgehead atoms. The maximum atomic E-state index is 12.4. The van der Waals surface area contributed by atoms with Gasteiger partial charge >= 0.3 is 0 Å². The number of benzene rings is 2. The molecule has 0 amide bonds. The van der Waals surface area contributed by atoms with Crippen LogP contribution in [0.1, 0.15) is 15.9 Å². The zero-order valence-electron chi connectivity index (χ0n) is 11.7. The van der Waals surface area contributed by atoms with Crippen LogP contribution in [0.25, 0.3) is 6.08 Å². The number of aromatic hydroxyl groups is 1. The van der Waals surface area contributed by atoms with Crippen LogP contribution in [0, 0.1) is 0 Å². The average molecular weight is 372 g/mol. The minimum absolute atomic E-state index is 0.0545. The molecule has 1 N–H and O–H groups in total. The lowest BCUT2D eigenvalue weighted by Crippen LogP contribution is -1.98. The van der Waals surface area contributed by atoms with Crippen LogP contribution < -0.4 is 9.47 Å². The highest BCUT2D eigenvalue weighted by atomic mass is 35.5. The van der Waals surface area contributed by atoms with Gasteiger partial charge in [0, 0.05) is 0 Å². The summed E-state index contributed by atoms with van der Waals surface area (Å²) >= 11 is 18.0. The van der Waals surface area contributed by atoms with E-state index < -0.39 is 0 Å². The first-order chi connectivity index (χ1) is 10.9. The molecular weight excluding hydrogens is 363 g/mol. The summed E-state index contributed by atoms with van der Waals surface area (Å²) in [5, 5.41) is 10.4. The Bertz CT molecular complexity index is 859. The predicted octanol–water partition coefficient (Wildman–Crippen LogP) is 4.98. The summed E-state index contributed by atoms with van der Waals surface area (Å²) < 4.78 is 10.6. The second-order valence-electron chi connectivity index (χ2n) is 4.73. The van der Waals surface area contributed by atoms with Crippen molar-refractivity contribution in [3.05, 3.63) is 56.2 Å². The first-order valence-electron chi connectivity index (χ1n) is 6.41. The van der Waals surface area contributed by atoms with E-state index in [2.05, 4.69) is 0 Å². The predicted molar refractivity (Wildman–Crippen MR) is 89.1 cm³/mol. The Kier molecular flexibility index (Phi) is 4.15. The number of allylic oxidation sites excluding steroid dienone is 1. The first kappa shape index (κ1) is 16.0. The minimum Gasteiger partial charge on any atom is -0.503 e. The van der Waals surface area contributed by atoms with Gasteiger partial charge in [0.05, 0.1) is 27.7 Å². The summed E-state index contributed by atoms with van der Waals surface area (Å²) in [6.07, 6.45) is 1.48. The Morgan fingerprint density at radius 1 is 1.13 bits per heavy atom. The van der Waals surface area contributed by atoms with Crippen LogP contribution in [-0.4, -0.2) is 18.0 Å². The summed E-state index contributed by atoms with van der Waals surface area (Å²) in [4.78, 5) is 12.4. The van der Waals surface area contributed by atoms with Crippen molar-refractivity contribution < 1.29 is 19.4 Å². The Morgan fingerprint density at radius 3 is 2.48 bits per heavy atom. The number of carbonyl (C=O) groups is 1. The quantitative estimate of drug-likeness (QED) is 0.757. The van der Waals surface area contributed by atoms with E-state index >= 15 is 0 Å². The van der Waals surface area contributed by atoms with E-state index in [-0.39, 0.29) is 44.4 Å². The lowest BCUT2D eigenvalue weighted by Gasteiger charge is -2.07. The molecule has 0 aliphatic carbocycles. The fourth-order valence-corrected chi connectivity index (χ4v) is 2.85. The van der Waals surface area contributed by atoms with Gasteiger partial charge in [0.1, 0.15) is 0 Å². The highest BCUT2D eigenvalue weighted by Crippen LogP contribution is 2.42. The third-order valence-electron chi connectivity index (χ3n) is 3.29. The monoisotopic (exact) mass is 370 g/mol. The van der Waals surface area contributed by atoms with Crippen LogP contribution >= 0.6 is 34.8 Å². The first-order valence-corrected chi connectivity index (χ1v) is 7.54. The Labute approximate surface area is 146 Å². The molecule has 3 rings (SSSR count). The molecule has 0 unspecified atom stereocenters. The Hall–Kier alpha value is -1.88. The van der Waals surface area contributed by atoms with E-state index in [1.807, 2.05) is 0 Å². The standard InChI is InChI=1S/C16H9Cl3O4/c1-22-11-5-7(4-10(19)14(11)20)6-12-15(21)13-8(17)2-3-9(18)16(13)23-12/h2-6,20H,1H3/b12-6-. The van der Waals surface area contributed by atoms with E-state index in [4.69, 9.17) is 44.3 Å². The second kappa shape index (κ2) is 5.96. The highest BCUT2D eigenvalue weighted by molar-refractivity contribution is 6.39. The zero-order valence-corrected chi connectivity index (χ0v) is 14.0. The number of ketones is 1. The summed E-state index contributed by atoms with van der Waals surface area (Å²) in [7, 11) is 1.40. The number of phenolic OH excluding ortho intramolecular Hbond substituents is 1. The molecule has 0 saturated heterocycles. The maximum Gasteiger partial charge on any atom is 0.233 e. The van der Waals surface area contributed by atoms with Crippen LogP contribution in [0.3, 0.4) is 0 Å². The van der Waals surface area contributed by atoms with E-state index in [0.717, 1.165) is 0 Å². The van der Waals surface area contributed by atoms with Crippen molar-refractivity contribution in [1.29, 1.82) is 0 Å². The van der Waals surface area contributed by atoms with Gasteiger partial charge in [-0.3, -0.25) is 4.79 Å². The number of phenols is 1. The van der Waals surface area contributed by atoms with Gasteiger partial charge in [0.25, 0.3) is 0 Å². The van der Waals surface area contributed by atoms with Gasteiger partial charge in [-0.2, -0.15) is 0 Å². The van der Waals surface area contributed by atoms with Gasteiger partial charge in [0.15, 0.2) is 23.0 Å². The molecule has 2 aromatic rings. The summed E-state index contributed by atoms with van der Waals surface area (Å²) in [6.45, 7) is 0. The molecule has 0 saturated carbocycles. The number of rotatable bonds is 2. The van der Waals surface area contributed by atoms with Crippen molar-refractivity contribution in [3.8, 4) is 17.2 Å². The Balaban J connectivity index is 2.07. The Morgan fingerprint density at radius 2 is 1.83 bits per heavy atom. The molecule has 23 heavy (non-hydrogen) atoms. The zero-order chi connectivity index (χ0) is 16.7. The van der Waals surface area contributed by atoms with E-state index in [9.17, 15) is 9.90 Å². The third-order valence-corrected chi connectivity index (χ3v) is 4.19. The maximum absolute atomic E-state index is 12.4. The van der Waals surface area contributed by atoms with E-state index in [1.165, 1.54) is 31.4 Å². The van der Waals surface area contributed by atoms with Crippen LogP contribution in [0.5, 0.6) is 17.2 Å². The number of Topliss-reactive ketones (excluding diaryl/α,β-unsaturated/α-hetero) is 1. The van der Waals surface area contributed by atoms with E-state index in [0.29, 0.717) is 10.6 Å². The third kappa shape index (κ3) is 2.74. The molecule has 7 heteroatoms. The van der Waals surface area contributed by atoms with Crippen molar-refractivity contribution in [2.45, 2.75) is 0 Å². The number of methoxy groups -OCH3 is 1. The molecule has 0 aromatic heterocycles. The molecule has 2 aromatic carbocycles. The van der Waals surface area contributed by atoms with Crippen molar-refractivity contribution in [1.82, 2.24) is 0 Å². The normalized spacial score (nSPS) is 14.8. The summed E-state index contributed by atoms with van der Waals surface area (Å²) in [5.41, 5.74) is 0.746. The second-order valence-corrected chi connectivity index (χ2v) is 5.95. The van der Waals surface area contributed by atoms with Gasteiger partial charge in [-0.1, -0.05) is 34.8 Å². The van der Waals surface area contributed by atoms with Crippen LogP contribution in [-0.2, 0) is 0 Å². The van der Waals surface area contributed by atoms with Gasteiger partial charge in [0.2, 0.25) is 5.78 Å². The number of halogens is 3. The van der Waals surface area contributed by atoms with Crippen molar-refractivity contribution in [2.24, 2.45) is 0 Å². The molecular formula is C16H9Cl3O4. The van der Waals surface area contributed by atoms with Gasteiger partial charge in [-0.15, -0.1) is 0 Å². The molecule has 1 heterocycles. The largest absolute Gasteiger partial charge is 0.503 e. The summed E-state index contributed by atoms with van der Waals surface area (Å²) in [5.74, 6) is -0.0885. The molecule has 0 fully saturated rings. The van der Waals surface area contributed by atoms with Crippen LogP contribution in [0.15, 0.2) is 30.0 Å². The average Bonchev–Trinajstić information content (AvgIpc) is 2.85. The van der Waals surface area contributed by atoms with Crippen molar-refractivity contribution in [2.75, 3.05) is 7.11 Å². The molecule has 0 radical (unpaired) electrons. The van der Waals surface area contributed by atoms with Crippen LogP contribution in [0.2, 0.25) is 15.1 Å². The van der Waals surface area contributed by atoms with Gasteiger partial charge < -0.3 is 14.6 Å². The summed E-state index contributed by atoms with van der Waals surface area (Å²) in [6, 6.07) is 6.10. The fourth-order valence-electron chi connectivity index (χ4n) is 2.20.